The van der Waals surface area contributed by atoms with Gasteiger partial charge in [-0.1, -0.05) is 32.4 Å². The van der Waals surface area contributed by atoms with E-state index >= 15 is 0 Å². The first-order valence-electron chi connectivity index (χ1n) is 5.57. The maximum absolute atomic E-state index is 9.94. The number of aliphatic hydroxyl groups excluding tert-OH is 1. The fourth-order valence-electron chi connectivity index (χ4n) is 1.94. The van der Waals surface area contributed by atoms with E-state index in [1.807, 2.05) is 0 Å². The van der Waals surface area contributed by atoms with Gasteiger partial charge in [-0.25, -0.2) is 0 Å². The largest absolute Gasteiger partial charge is 0.393 e. The summed E-state index contributed by atoms with van der Waals surface area (Å²) in [5, 5.41) is 9.94. The Morgan fingerprint density at radius 2 is 2.23 bits per heavy atom. The summed E-state index contributed by atoms with van der Waals surface area (Å²) in [6.07, 6.45) is 9.95. The van der Waals surface area contributed by atoms with E-state index in [1.54, 1.807) is 0 Å². The first-order chi connectivity index (χ1) is 6.24. The van der Waals surface area contributed by atoms with Crippen LogP contribution in [-0.2, 0) is 0 Å². The molecule has 0 aliphatic heterocycles. The number of aliphatic hydroxyl groups is 1. The third-order valence-electron chi connectivity index (χ3n) is 3.19. The molecule has 0 amide bonds. The lowest BCUT2D eigenvalue weighted by Crippen LogP contribution is -2.23. The molecule has 1 nitrogen and oxygen atoms in total. The predicted octanol–water partition coefficient (Wildman–Crippen LogP) is 3.14. The lowest BCUT2D eigenvalue weighted by atomic mass is 9.85. The highest BCUT2D eigenvalue weighted by atomic mass is 16.3. The van der Waals surface area contributed by atoms with Crippen LogP contribution < -0.4 is 0 Å². The second-order valence-electron chi connectivity index (χ2n) is 4.36. The summed E-state index contributed by atoms with van der Waals surface area (Å²) in [5.74, 6) is 1.19. The second kappa shape index (κ2) is 5.43. The molecule has 0 spiro atoms. The monoisotopic (exact) mass is 182 g/mol. The SMILES string of the molecule is CCC(C)CC(O)C1CC=CCC1. The third-order valence-corrected chi connectivity index (χ3v) is 3.19. The van der Waals surface area contributed by atoms with Gasteiger partial charge in [0.1, 0.15) is 0 Å². The smallest absolute Gasteiger partial charge is 0.0574 e. The molecule has 0 radical (unpaired) electrons. The van der Waals surface area contributed by atoms with Crippen molar-refractivity contribution in [2.24, 2.45) is 11.8 Å². The third kappa shape index (κ3) is 3.51. The minimum atomic E-state index is -0.0695. The molecule has 0 saturated heterocycles. The van der Waals surface area contributed by atoms with Crippen molar-refractivity contribution in [3.05, 3.63) is 12.2 Å². The van der Waals surface area contributed by atoms with Crippen LogP contribution in [0.25, 0.3) is 0 Å². The lowest BCUT2D eigenvalue weighted by molar-refractivity contribution is 0.0786. The van der Waals surface area contributed by atoms with Gasteiger partial charge in [0.05, 0.1) is 6.10 Å². The normalized spacial score (nSPS) is 27.2. The molecule has 0 aromatic heterocycles. The van der Waals surface area contributed by atoms with E-state index in [0.29, 0.717) is 11.8 Å². The highest BCUT2D eigenvalue weighted by molar-refractivity contribution is 4.92. The molecule has 13 heavy (non-hydrogen) atoms. The van der Waals surface area contributed by atoms with Crippen LogP contribution in [0.4, 0.5) is 0 Å². The molecule has 0 saturated carbocycles. The van der Waals surface area contributed by atoms with E-state index in [-0.39, 0.29) is 6.10 Å². The van der Waals surface area contributed by atoms with Crippen molar-refractivity contribution >= 4 is 0 Å². The summed E-state index contributed by atoms with van der Waals surface area (Å²) in [4.78, 5) is 0. The summed E-state index contributed by atoms with van der Waals surface area (Å²) < 4.78 is 0. The standard InChI is InChI=1S/C12H22O/c1-3-10(2)9-12(13)11-7-5-4-6-8-11/h4-5,10-13H,3,6-9H2,1-2H3. The number of rotatable bonds is 4. The molecule has 76 valence electrons. The fraction of sp³-hybridized carbons (Fsp3) is 0.833. The van der Waals surface area contributed by atoms with E-state index < -0.39 is 0 Å². The molecule has 1 rings (SSSR count). The van der Waals surface area contributed by atoms with E-state index in [1.165, 1.54) is 12.8 Å². The molecule has 1 N–H and O–H groups in total. The van der Waals surface area contributed by atoms with Crippen molar-refractivity contribution in [2.75, 3.05) is 0 Å². The Balaban J connectivity index is 2.29. The summed E-state index contributed by atoms with van der Waals surface area (Å²) in [5.41, 5.74) is 0. The molecule has 0 heterocycles. The molecule has 1 aliphatic rings. The zero-order chi connectivity index (χ0) is 9.68. The van der Waals surface area contributed by atoms with Crippen LogP contribution in [0, 0.1) is 11.8 Å². The molecule has 0 bridgehead atoms. The van der Waals surface area contributed by atoms with Gasteiger partial charge < -0.3 is 5.11 Å². The van der Waals surface area contributed by atoms with Crippen molar-refractivity contribution in [2.45, 2.75) is 52.1 Å². The summed E-state index contributed by atoms with van der Waals surface area (Å²) in [6.45, 7) is 4.42. The van der Waals surface area contributed by atoms with Crippen molar-refractivity contribution in [3.63, 3.8) is 0 Å². The van der Waals surface area contributed by atoms with Crippen LogP contribution in [0.3, 0.4) is 0 Å². The van der Waals surface area contributed by atoms with Crippen LogP contribution in [0.5, 0.6) is 0 Å². The molecule has 3 atom stereocenters. The zero-order valence-electron chi connectivity index (χ0n) is 8.87. The van der Waals surface area contributed by atoms with Gasteiger partial charge in [-0.3, -0.25) is 0 Å². The molecule has 0 aromatic rings. The summed E-state index contributed by atoms with van der Waals surface area (Å²) in [7, 11) is 0. The van der Waals surface area contributed by atoms with Crippen molar-refractivity contribution in [3.8, 4) is 0 Å². The topological polar surface area (TPSA) is 20.2 Å². The lowest BCUT2D eigenvalue weighted by Gasteiger charge is -2.25. The molecule has 0 aromatic carbocycles. The maximum Gasteiger partial charge on any atom is 0.0574 e. The Kier molecular flexibility index (Phi) is 4.51. The second-order valence-corrected chi connectivity index (χ2v) is 4.36. The first kappa shape index (κ1) is 10.8. The Bertz CT molecular complexity index is 163. The number of hydrogen-bond donors (Lipinski definition) is 1. The van der Waals surface area contributed by atoms with E-state index in [2.05, 4.69) is 26.0 Å². The highest BCUT2D eigenvalue weighted by Crippen LogP contribution is 2.25. The quantitative estimate of drug-likeness (QED) is 0.662. The molecule has 1 aliphatic carbocycles. The van der Waals surface area contributed by atoms with Gasteiger partial charge in [0, 0.05) is 0 Å². The number of hydrogen-bond acceptors (Lipinski definition) is 1. The van der Waals surface area contributed by atoms with Crippen LogP contribution in [0.15, 0.2) is 12.2 Å². The fourth-order valence-corrected chi connectivity index (χ4v) is 1.94. The van der Waals surface area contributed by atoms with Gasteiger partial charge >= 0.3 is 0 Å². The Morgan fingerprint density at radius 3 is 2.77 bits per heavy atom. The summed E-state index contributed by atoms with van der Waals surface area (Å²) in [6, 6.07) is 0. The van der Waals surface area contributed by atoms with E-state index in [4.69, 9.17) is 0 Å². The number of allylic oxidation sites excluding steroid dienone is 2. The van der Waals surface area contributed by atoms with Gasteiger partial charge in [0.15, 0.2) is 0 Å². The van der Waals surface area contributed by atoms with Gasteiger partial charge in [-0.2, -0.15) is 0 Å². The van der Waals surface area contributed by atoms with Crippen molar-refractivity contribution < 1.29 is 5.11 Å². The first-order valence-corrected chi connectivity index (χ1v) is 5.57. The van der Waals surface area contributed by atoms with Crippen molar-refractivity contribution in [1.29, 1.82) is 0 Å². The Morgan fingerprint density at radius 1 is 1.46 bits per heavy atom. The molecular weight excluding hydrogens is 160 g/mol. The average Bonchev–Trinajstić information content (AvgIpc) is 2.19. The Labute approximate surface area is 81.9 Å². The molecular formula is C12H22O. The van der Waals surface area contributed by atoms with Gasteiger partial charge in [0.2, 0.25) is 0 Å². The van der Waals surface area contributed by atoms with Crippen LogP contribution >= 0.6 is 0 Å². The van der Waals surface area contributed by atoms with E-state index in [0.717, 1.165) is 19.3 Å². The Hall–Kier alpha value is -0.300. The van der Waals surface area contributed by atoms with Crippen LogP contribution in [0.1, 0.15) is 46.0 Å². The zero-order valence-corrected chi connectivity index (χ0v) is 8.87. The van der Waals surface area contributed by atoms with Gasteiger partial charge in [-0.05, 0) is 37.5 Å². The predicted molar refractivity (Wildman–Crippen MR) is 56.6 cm³/mol. The highest BCUT2D eigenvalue weighted by Gasteiger charge is 2.20. The van der Waals surface area contributed by atoms with Crippen molar-refractivity contribution in [1.82, 2.24) is 0 Å². The molecule has 3 unspecified atom stereocenters. The van der Waals surface area contributed by atoms with Crippen LogP contribution in [0.2, 0.25) is 0 Å². The maximum atomic E-state index is 9.94. The van der Waals surface area contributed by atoms with Crippen LogP contribution in [-0.4, -0.2) is 11.2 Å². The molecule has 1 heteroatoms. The summed E-state index contributed by atoms with van der Waals surface area (Å²) >= 11 is 0. The van der Waals surface area contributed by atoms with Gasteiger partial charge in [0.25, 0.3) is 0 Å². The minimum Gasteiger partial charge on any atom is -0.393 e. The molecule has 0 fully saturated rings. The average molecular weight is 182 g/mol. The van der Waals surface area contributed by atoms with Gasteiger partial charge in [-0.15, -0.1) is 0 Å². The minimum absolute atomic E-state index is 0.0695. The van der Waals surface area contributed by atoms with E-state index in [9.17, 15) is 5.11 Å².